The molecule has 68 valence electrons. The second-order valence-corrected chi connectivity index (χ2v) is 3.92. The third-order valence-corrected chi connectivity index (χ3v) is 2.78. The van der Waals surface area contributed by atoms with E-state index in [1.165, 1.54) is 11.3 Å². The number of aromatic nitrogens is 2. The zero-order valence-corrected chi connectivity index (χ0v) is 8.38. The zero-order chi connectivity index (χ0) is 9.97. The van der Waals surface area contributed by atoms with Crippen LogP contribution in [-0.4, -0.2) is 10.2 Å². The van der Waals surface area contributed by atoms with Crippen LogP contribution >= 0.6 is 11.3 Å². The van der Waals surface area contributed by atoms with Gasteiger partial charge in [-0.25, -0.2) is 0 Å². The number of hydrogen-bond acceptors (Lipinski definition) is 4. The highest BCUT2D eigenvalue weighted by Crippen LogP contribution is 2.25. The van der Waals surface area contributed by atoms with E-state index < -0.39 is 0 Å². The van der Waals surface area contributed by atoms with Crippen LogP contribution in [-0.2, 0) is 0 Å². The molecule has 4 heteroatoms. The molecule has 0 fully saturated rings. The van der Waals surface area contributed by atoms with E-state index in [-0.39, 0.29) is 0 Å². The van der Waals surface area contributed by atoms with Gasteiger partial charge >= 0.3 is 0 Å². The first-order chi connectivity index (χ1) is 6.79. The fourth-order valence-corrected chi connectivity index (χ4v) is 1.83. The molecule has 2 aromatic heterocycles. The molecule has 0 aromatic carbocycles. The van der Waals surface area contributed by atoms with Gasteiger partial charge in [0.1, 0.15) is 16.6 Å². The first-order valence-electron chi connectivity index (χ1n) is 4.10. The first-order valence-corrected chi connectivity index (χ1v) is 4.92. The van der Waals surface area contributed by atoms with E-state index in [9.17, 15) is 0 Å². The molecule has 0 saturated heterocycles. The predicted octanol–water partition coefficient (Wildman–Crippen LogP) is 2.39. The average Bonchev–Trinajstić information content (AvgIpc) is 2.67. The molecule has 0 amide bonds. The van der Waals surface area contributed by atoms with Crippen molar-refractivity contribution in [3.8, 4) is 16.6 Å². The van der Waals surface area contributed by atoms with Crippen LogP contribution in [0.2, 0.25) is 0 Å². The lowest BCUT2D eigenvalue weighted by Crippen LogP contribution is -1.86. The summed E-state index contributed by atoms with van der Waals surface area (Å²) in [6.45, 7) is 1.89. The van der Waals surface area contributed by atoms with Crippen LogP contribution < -0.4 is 0 Å². The zero-order valence-electron chi connectivity index (χ0n) is 7.56. The highest BCUT2D eigenvalue weighted by molar-refractivity contribution is 7.15. The minimum atomic E-state index is 0.697. The van der Waals surface area contributed by atoms with Crippen LogP contribution in [0.25, 0.3) is 10.6 Å². The third kappa shape index (κ3) is 1.63. The van der Waals surface area contributed by atoms with Crippen LogP contribution in [0.15, 0.2) is 24.3 Å². The van der Waals surface area contributed by atoms with Crippen molar-refractivity contribution in [1.29, 1.82) is 5.26 Å². The summed E-state index contributed by atoms with van der Waals surface area (Å²) in [4.78, 5) is 1.68. The van der Waals surface area contributed by atoms with Crippen molar-refractivity contribution in [3.63, 3.8) is 0 Å². The third-order valence-electron chi connectivity index (χ3n) is 1.77. The van der Waals surface area contributed by atoms with Crippen molar-refractivity contribution in [2.75, 3.05) is 0 Å². The van der Waals surface area contributed by atoms with Gasteiger partial charge in [0.2, 0.25) is 0 Å². The fraction of sp³-hybridized carbons (Fsp3) is 0.100. The van der Waals surface area contributed by atoms with E-state index in [1.54, 1.807) is 6.07 Å². The van der Waals surface area contributed by atoms with E-state index in [0.717, 1.165) is 16.3 Å². The summed E-state index contributed by atoms with van der Waals surface area (Å²) in [6.07, 6.45) is 0. The van der Waals surface area contributed by atoms with Crippen LogP contribution in [0.4, 0.5) is 0 Å². The van der Waals surface area contributed by atoms with E-state index in [4.69, 9.17) is 5.26 Å². The Hall–Kier alpha value is -1.73. The summed E-state index contributed by atoms with van der Waals surface area (Å²) in [5, 5.41) is 16.7. The fourth-order valence-electron chi connectivity index (χ4n) is 1.07. The molecule has 0 aliphatic heterocycles. The van der Waals surface area contributed by atoms with Crippen molar-refractivity contribution in [2.24, 2.45) is 0 Å². The topological polar surface area (TPSA) is 49.6 Å². The number of nitrogens with zero attached hydrogens (tertiary/aromatic N) is 3. The standard InChI is InChI=1S/C10H7N3S/c1-7-2-4-9(13-12-7)10-5-3-8(6-11)14-10/h2-5H,1H3. The Bertz CT molecular complexity index is 479. The van der Waals surface area contributed by atoms with Crippen molar-refractivity contribution in [3.05, 3.63) is 34.8 Å². The van der Waals surface area contributed by atoms with Gasteiger partial charge in [-0.15, -0.1) is 16.4 Å². The van der Waals surface area contributed by atoms with Crippen molar-refractivity contribution < 1.29 is 0 Å². The Balaban J connectivity index is 2.40. The molecule has 0 radical (unpaired) electrons. The summed E-state index contributed by atoms with van der Waals surface area (Å²) in [5.74, 6) is 0. The number of thiophene rings is 1. The van der Waals surface area contributed by atoms with Gasteiger partial charge < -0.3 is 0 Å². The number of rotatable bonds is 1. The van der Waals surface area contributed by atoms with Crippen molar-refractivity contribution >= 4 is 11.3 Å². The molecular weight excluding hydrogens is 194 g/mol. The van der Waals surface area contributed by atoms with E-state index in [2.05, 4.69) is 16.3 Å². The monoisotopic (exact) mass is 201 g/mol. The Morgan fingerprint density at radius 1 is 1.21 bits per heavy atom. The van der Waals surface area contributed by atoms with E-state index in [0.29, 0.717) is 4.88 Å². The van der Waals surface area contributed by atoms with Gasteiger partial charge in [-0.2, -0.15) is 10.4 Å². The molecule has 0 spiro atoms. The van der Waals surface area contributed by atoms with Gasteiger partial charge in [0, 0.05) is 0 Å². The summed E-state index contributed by atoms with van der Waals surface area (Å²) in [5.41, 5.74) is 1.72. The van der Waals surface area contributed by atoms with E-state index >= 15 is 0 Å². The second kappa shape index (κ2) is 3.56. The Kier molecular flexibility index (Phi) is 2.25. The molecule has 2 rings (SSSR count). The van der Waals surface area contributed by atoms with Gasteiger partial charge in [-0.1, -0.05) is 0 Å². The highest BCUT2D eigenvalue weighted by Gasteiger charge is 2.03. The largest absolute Gasteiger partial charge is 0.192 e. The number of nitriles is 1. The van der Waals surface area contributed by atoms with Gasteiger partial charge in [0.25, 0.3) is 0 Å². The van der Waals surface area contributed by atoms with Crippen LogP contribution in [0.3, 0.4) is 0 Å². The second-order valence-electron chi connectivity index (χ2n) is 2.84. The molecule has 14 heavy (non-hydrogen) atoms. The lowest BCUT2D eigenvalue weighted by molar-refractivity contribution is 0.989. The Morgan fingerprint density at radius 3 is 2.64 bits per heavy atom. The van der Waals surface area contributed by atoms with Crippen LogP contribution in [0.5, 0.6) is 0 Å². The summed E-state index contributed by atoms with van der Waals surface area (Å²) in [6, 6.07) is 9.61. The van der Waals surface area contributed by atoms with Crippen molar-refractivity contribution in [2.45, 2.75) is 6.92 Å². The molecule has 0 aliphatic rings. The highest BCUT2D eigenvalue weighted by atomic mass is 32.1. The SMILES string of the molecule is Cc1ccc(-c2ccc(C#N)s2)nn1. The van der Waals surface area contributed by atoms with Crippen LogP contribution in [0.1, 0.15) is 10.6 Å². The summed E-state index contributed by atoms with van der Waals surface area (Å²) < 4.78 is 0. The number of hydrogen-bond donors (Lipinski definition) is 0. The average molecular weight is 201 g/mol. The number of aryl methyl sites for hydroxylation is 1. The van der Waals surface area contributed by atoms with E-state index in [1.807, 2.05) is 25.1 Å². The molecule has 0 bridgehead atoms. The predicted molar refractivity (Wildman–Crippen MR) is 54.8 cm³/mol. The molecule has 2 heterocycles. The minimum Gasteiger partial charge on any atom is -0.192 e. The molecule has 0 aliphatic carbocycles. The Morgan fingerprint density at radius 2 is 2.07 bits per heavy atom. The molecule has 2 aromatic rings. The maximum atomic E-state index is 8.67. The lowest BCUT2D eigenvalue weighted by Gasteiger charge is -1.94. The van der Waals surface area contributed by atoms with Gasteiger partial charge in [0.05, 0.1) is 10.6 Å². The van der Waals surface area contributed by atoms with Gasteiger partial charge in [0.15, 0.2) is 0 Å². The molecule has 0 saturated carbocycles. The molecule has 0 unspecified atom stereocenters. The molecule has 0 atom stereocenters. The van der Waals surface area contributed by atoms with Crippen molar-refractivity contribution in [1.82, 2.24) is 10.2 Å². The van der Waals surface area contributed by atoms with Crippen LogP contribution in [0, 0.1) is 18.3 Å². The summed E-state index contributed by atoms with van der Waals surface area (Å²) in [7, 11) is 0. The van der Waals surface area contributed by atoms with Gasteiger partial charge in [-0.05, 0) is 31.2 Å². The Labute approximate surface area is 85.7 Å². The lowest BCUT2D eigenvalue weighted by atomic mass is 10.3. The normalized spacial score (nSPS) is 9.71. The summed E-state index contributed by atoms with van der Waals surface area (Å²) >= 11 is 1.43. The quantitative estimate of drug-likeness (QED) is 0.711. The molecule has 0 N–H and O–H groups in total. The minimum absolute atomic E-state index is 0.697. The maximum Gasteiger partial charge on any atom is 0.110 e. The maximum absolute atomic E-state index is 8.67. The van der Waals surface area contributed by atoms with Gasteiger partial charge in [-0.3, -0.25) is 0 Å². The molecular formula is C10H7N3S. The molecule has 3 nitrogen and oxygen atoms in total. The first kappa shape index (κ1) is 8.85. The smallest absolute Gasteiger partial charge is 0.110 e.